The summed E-state index contributed by atoms with van der Waals surface area (Å²) in [5, 5.41) is -0.223. The van der Waals surface area contributed by atoms with Crippen LogP contribution in [0.15, 0.2) is 4.60 Å². The fourth-order valence-electron chi connectivity index (χ4n) is 1.30. The maximum Gasteiger partial charge on any atom is 0.250 e. The highest BCUT2D eigenvalue weighted by atomic mass is 79.9. The van der Waals surface area contributed by atoms with Gasteiger partial charge in [0.05, 0.1) is 0 Å². The highest BCUT2D eigenvalue weighted by Crippen LogP contribution is 2.35. The molecule has 0 unspecified atom stereocenters. The average molecular weight is 325 g/mol. The Balaban J connectivity index is 3.23. The fraction of sp³-hybridized carbons (Fsp3) is 0.545. The number of rotatable bonds is 3. The van der Waals surface area contributed by atoms with E-state index in [1.54, 1.807) is 0 Å². The molecule has 1 heterocycles. The van der Waals surface area contributed by atoms with E-state index in [9.17, 15) is 13.2 Å². The third-order valence-corrected chi connectivity index (χ3v) is 6.47. The lowest BCUT2D eigenvalue weighted by molar-refractivity contribution is 0.438. The van der Waals surface area contributed by atoms with Gasteiger partial charge < -0.3 is 0 Å². The van der Waals surface area contributed by atoms with Gasteiger partial charge in [0, 0.05) is 14.4 Å². The minimum absolute atomic E-state index is 0.171. The van der Waals surface area contributed by atoms with Gasteiger partial charge in [-0.25, -0.2) is 13.8 Å². The van der Waals surface area contributed by atoms with Gasteiger partial charge in [-0.1, -0.05) is 26.9 Å². The summed E-state index contributed by atoms with van der Waals surface area (Å²) < 4.78 is 40.1. The first-order valence-corrected chi connectivity index (χ1v) is 8.45. The molecule has 0 bridgehead atoms. The summed E-state index contributed by atoms with van der Waals surface area (Å²) >= 11 is 2.79. The molecular formula is C11H14BrF3NSi. The Labute approximate surface area is 109 Å². The van der Waals surface area contributed by atoms with Crippen LogP contribution in [0.4, 0.5) is 13.2 Å². The molecule has 95 valence electrons. The van der Waals surface area contributed by atoms with Crippen molar-refractivity contribution >= 4 is 24.7 Å². The molecule has 0 amide bonds. The second kappa shape index (κ2) is 5.10. The molecule has 0 fully saturated rings. The van der Waals surface area contributed by atoms with Crippen molar-refractivity contribution in [2.24, 2.45) is 0 Å². The maximum absolute atomic E-state index is 13.7. The van der Waals surface area contributed by atoms with Crippen LogP contribution in [0, 0.1) is 17.6 Å². The third-order valence-electron chi connectivity index (χ3n) is 3.06. The number of halogens is 4. The molecule has 0 N–H and O–H groups in total. The lowest BCUT2D eigenvalue weighted by Crippen LogP contribution is -2.25. The predicted molar refractivity (Wildman–Crippen MR) is 67.0 cm³/mol. The summed E-state index contributed by atoms with van der Waals surface area (Å²) in [6.45, 7) is 8.00. The summed E-state index contributed by atoms with van der Waals surface area (Å²) in [6, 6.07) is 0. The quantitative estimate of drug-likeness (QED) is 0.595. The van der Waals surface area contributed by atoms with Gasteiger partial charge in [-0.15, -0.1) is 0 Å². The first-order valence-electron chi connectivity index (χ1n) is 5.16. The van der Waals surface area contributed by atoms with Crippen LogP contribution in [0.25, 0.3) is 0 Å². The van der Waals surface area contributed by atoms with Gasteiger partial charge in [-0.05, 0) is 27.4 Å². The first kappa shape index (κ1) is 14.7. The summed E-state index contributed by atoms with van der Waals surface area (Å²) in [7, 11) is -0.758. The zero-order chi connectivity index (χ0) is 13.4. The molecule has 0 aliphatic carbocycles. The summed E-state index contributed by atoms with van der Waals surface area (Å²) in [5.74, 6) is -3.24. The average Bonchev–Trinajstić information content (AvgIpc) is 2.21. The highest BCUT2D eigenvalue weighted by Gasteiger charge is 2.29. The fourth-order valence-corrected chi connectivity index (χ4v) is 2.23. The minimum atomic E-state index is -1.26. The topological polar surface area (TPSA) is 12.9 Å². The lowest BCUT2D eigenvalue weighted by Gasteiger charge is -2.28. The van der Waals surface area contributed by atoms with Crippen LogP contribution in [-0.4, -0.2) is 13.8 Å². The van der Waals surface area contributed by atoms with E-state index >= 15 is 0 Å². The van der Waals surface area contributed by atoms with Crippen LogP contribution in [-0.2, 0) is 6.42 Å². The molecule has 0 saturated carbocycles. The molecule has 0 aliphatic heterocycles. The van der Waals surface area contributed by atoms with E-state index in [4.69, 9.17) is 0 Å². The number of nitrogens with zero attached hydrogens (tertiary/aromatic N) is 1. The van der Waals surface area contributed by atoms with Crippen LogP contribution in [0.3, 0.4) is 0 Å². The molecule has 1 nitrogen and oxygen atoms in total. The molecule has 1 radical (unpaired) electrons. The third kappa shape index (κ3) is 3.10. The number of hydrogen-bond acceptors (Lipinski definition) is 1. The van der Waals surface area contributed by atoms with Gasteiger partial charge in [0.25, 0.3) is 0 Å². The lowest BCUT2D eigenvalue weighted by atomic mass is 10.0. The van der Waals surface area contributed by atoms with Gasteiger partial charge in [0.2, 0.25) is 5.95 Å². The van der Waals surface area contributed by atoms with Crippen molar-refractivity contribution in [2.45, 2.75) is 38.4 Å². The molecule has 0 atom stereocenters. The van der Waals surface area contributed by atoms with Crippen LogP contribution >= 0.6 is 15.9 Å². The molecule has 0 saturated heterocycles. The van der Waals surface area contributed by atoms with E-state index in [0.717, 1.165) is 0 Å². The summed E-state index contributed by atoms with van der Waals surface area (Å²) in [6.07, 6.45) is 0.171. The van der Waals surface area contributed by atoms with Crippen molar-refractivity contribution in [2.75, 3.05) is 0 Å². The van der Waals surface area contributed by atoms with Crippen molar-refractivity contribution in [1.29, 1.82) is 0 Å². The number of pyridine rings is 1. The van der Waals surface area contributed by atoms with Crippen molar-refractivity contribution in [3.8, 4) is 0 Å². The predicted octanol–water partition coefficient (Wildman–Crippen LogP) is 4.34. The van der Waals surface area contributed by atoms with E-state index in [1.165, 1.54) is 0 Å². The number of hydrogen-bond donors (Lipinski definition) is 0. The molecule has 6 heteroatoms. The molecule has 0 aliphatic rings. The van der Waals surface area contributed by atoms with E-state index in [1.807, 2.05) is 13.8 Å². The highest BCUT2D eigenvalue weighted by molar-refractivity contribution is 9.10. The van der Waals surface area contributed by atoms with Crippen LogP contribution in [0.5, 0.6) is 0 Å². The molecule has 1 rings (SSSR count). The van der Waals surface area contributed by atoms with Crippen molar-refractivity contribution in [3.05, 3.63) is 27.7 Å². The SMILES string of the molecule is C[Si](C)C(C)(C)Cc1c(F)c(F)nc(Br)c1F. The Morgan fingerprint density at radius 1 is 1.18 bits per heavy atom. The molecular weight excluding hydrogens is 311 g/mol. The number of aromatic nitrogens is 1. The Hall–Kier alpha value is -0.363. The Morgan fingerprint density at radius 3 is 2.18 bits per heavy atom. The summed E-state index contributed by atoms with van der Waals surface area (Å²) in [4.78, 5) is 3.12. The largest absolute Gasteiger partial charge is 0.250 e. The zero-order valence-corrected chi connectivity index (χ0v) is 12.8. The zero-order valence-electron chi connectivity index (χ0n) is 10.2. The Morgan fingerprint density at radius 2 is 1.71 bits per heavy atom. The van der Waals surface area contributed by atoms with E-state index in [2.05, 4.69) is 34.0 Å². The standard InChI is InChI=1S/C11H14BrF3NSi/c1-11(2,17(3)4)5-6-7(13)9(12)16-10(15)8(6)14/h5H2,1-4H3. The Bertz CT molecular complexity index is 409. The summed E-state index contributed by atoms with van der Waals surface area (Å²) in [5.41, 5.74) is -0.222. The van der Waals surface area contributed by atoms with Gasteiger partial charge in [0.15, 0.2) is 11.6 Å². The van der Waals surface area contributed by atoms with E-state index < -0.39 is 26.4 Å². The molecule has 0 aromatic carbocycles. The first-order chi connectivity index (χ1) is 7.66. The Kier molecular flexibility index (Phi) is 4.41. The van der Waals surface area contributed by atoms with Crippen LogP contribution in [0.1, 0.15) is 19.4 Å². The van der Waals surface area contributed by atoms with E-state index in [0.29, 0.717) is 0 Å². The second-order valence-electron chi connectivity index (χ2n) is 4.86. The van der Waals surface area contributed by atoms with Gasteiger partial charge in [0.1, 0.15) is 4.60 Å². The molecule has 1 aromatic heterocycles. The molecule has 1 aromatic rings. The smallest absolute Gasteiger partial charge is 0.207 e. The van der Waals surface area contributed by atoms with Crippen molar-refractivity contribution < 1.29 is 13.2 Å². The van der Waals surface area contributed by atoms with Gasteiger partial charge >= 0.3 is 0 Å². The molecule has 17 heavy (non-hydrogen) atoms. The minimum Gasteiger partial charge on any atom is -0.207 e. The maximum atomic E-state index is 13.7. The van der Waals surface area contributed by atoms with Crippen molar-refractivity contribution in [1.82, 2.24) is 4.98 Å². The van der Waals surface area contributed by atoms with Crippen molar-refractivity contribution in [3.63, 3.8) is 0 Å². The van der Waals surface area contributed by atoms with Crippen LogP contribution < -0.4 is 0 Å². The molecule has 0 spiro atoms. The van der Waals surface area contributed by atoms with Crippen LogP contribution in [0.2, 0.25) is 18.1 Å². The normalized spacial score (nSPS) is 12.3. The van der Waals surface area contributed by atoms with E-state index in [-0.39, 0.29) is 21.6 Å². The second-order valence-corrected chi connectivity index (χ2v) is 8.97. The van der Waals surface area contributed by atoms with Gasteiger partial charge in [-0.2, -0.15) is 4.39 Å². The monoisotopic (exact) mass is 324 g/mol. The van der Waals surface area contributed by atoms with Gasteiger partial charge in [-0.3, -0.25) is 0 Å².